The highest BCUT2D eigenvalue weighted by molar-refractivity contribution is 5.57. The van der Waals surface area contributed by atoms with E-state index in [1.807, 2.05) is 0 Å². The molecule has 1 aromatic rings. The van der Waals surface area contributed by atoms with E-state index in [2.05, 4.69) is 0 Å². The van der Waals surface area contributed by atoms with Crippen molar-refractivity contribution in [3.8, 4) is 5.75 Å². The lowest BCUT2D eigenvalue weighted by Crippen LogP contribution is -2.01. The summed E-state index contributed by atoms with van der Waals surface area (Å²) >= 11 is 0. The molecule has 0 unspecified atom stereocenters. The molecular weight excluding hydrogens is 205 g/mol. The van der Waals surface area contributed by atoms with Crippen LogP contribution in [0.4, 0.5) is 4.39 Å². The molecular formula is C13H16FNO. The summed E-state index contributed by atoms with van der Waals surface area (Å²) in [5.41, 5.74) is 6.13. The molecule has 2 N–H and O–H groups in total. The zero-order valence-electron chi connectivity index (χ0n) is 9.16. The van der Waals surface area contributed by atoms with E-state index in [9.17, 15) is 4.39 Å². The average Bonchev–Trinajstić information content (AvgIpc) is 3.09. The number of ether oxygens (including phenoxy) is 1. The second-order valence-corrected chi connectivity index (χ2v) is 4.07. The minimum atomic E-state index is -0.254. The van der Waals surface area contributed by atoms with Crippen molar-refractivity contribution in [2.45, 2.75) is 12.8 Å². The first-order valence-corrected chi connectivity index (χ1v) is 5.58. The normalized spacial score (nSPS) is 15.6. The van der Waals surface area contributed by atoms with Gasteiger partial charge in [-0.1, -0.05) is 12.2 Å². The summed E-state index contributed by atoms with van der Waals surface area (Å²) in [5.74, 6) is 1.17. The summed E-state index contributed by atoms with van der Waals surface area (Å²) < 4.78 is 18.7. The van der Waals surface area contributed by atoms with Gasteiger partial charge in [-0.3, -0.25) is 0 Å². The standard InChI is InChI=1S/C13H16FNO/c14-12-5-6-13(16-9-10-3-4-10)11(8-12)2-1-7-15/h1-2,5-6,8,10H,3-4,7,9,15H2/b2-1+. The van der Waals surface area contributed by atoms with E-state index < -0.39 is 0 Å². The van der Waals surface area contributed by atoms with Crippen LogP contribution in [0.15, 0.2) is 24.3 Å². The van der Waals surface area contributed by atoms with Gasteiger partial charge in [-0.05, 0) is 37.0 Å². The first-order valence-electron chi connectivity index (χ1n) is 5.58. The number of benzene rings is 1. The van der Waals surface area contributed by atoms with Gasteiger partial charge < -0.3 is 10.5 Å². The Labute approximate surface area is 94.9 Å². The van der Waals surface area contributed by atoms with Gasteiger partial charge in [0.05, 0.1) is 6.61 Å². The van der Waals surface area contributed by atoms with E-state index in [4.69, 9.17) is 10.5 Å². The molecule has 0 bridgehead atoms. The van der Waals surface area contributed by atoms with E-state index in [0.29, 0.717) is 12.5 Å². The lowest BCUT2D eigenvalue weighted by molar-refractivity contribution is 0.298. The van der Waals surface area contributed by atoms with Crippen molar-refractivity contribution in [2.24, 2.45) is 11.7 Å². The monoisotopic (exact) mass is 221 g/mol. The van der Waals surface area contributed by atoms with Crippen molar-refractivity contribution >= 4 is 6.08 Å². The molecule has 0 radical (unpaired) electrons. The van der Waals surface area contributed by atoms with Gasteiger partial charge in [0.25, 0.3) is 0 Å². The van der Waals surface area contributed by atoms with Crippen LogP contribution in [0.1, 0.15) is 18.4 Å². The highest BCUT2D eigenvalue weighted by Crippen LogP contribution is 2.30. The van der Waals surface area contributed by atoms with Crippen LogP contribution in [-0.4, -0.2) is 13.2 Å². The fourth-order valence-electron chi connectivity index (χ4n) is 1.47. The van der Waals surface area contributed by atoms with Crippen LogP contribution in [0.5, 0.6) is 5.75 Å². The van der Waals surface area contributed by atoms with Crippen molar-refractivity contribution in [2.75, 3.05) is 13.2 Å². The molecule has 0 aliphatic heterocycles. The molecule has 16 heavy (non-hydrogen) atoms. The molecule has 1 saturated carbocycles. The topological polar surface area (TPSA) is 35.2 Å². The zero-order valence-corrected chi connectivity index (χ0v) is 9.16. The van der Waals surface area contributed by atoms with Gasteiger partial charge in [-0.2, -0.15) is 0 Å². The SMILES string of the molecule is NC/C=C/c1cc(F)ccc1OCC1CC1. The summed E-state index contributed by atoms with van der Waals surface area (Å²) in [4.78, 5) is 0. The van der Waals surface area contributed by atoms with Gasteiger partial charge in [-0.25, -0.2) is 4.39 Å². The quantitative estimate of drug-likeness (QED) is 0.829. The summed E-state index contributed by atoms with van der Waals surface area (Å²) in [5, 5.41) is 0. The van der Waals surface area contributed by atoms with Gasteiger partial charge >= 0.3 is 0 Å². The Bertz CT molecular complexity index is 386. The molecule has 0 heterocycles. The number of hydrogen-bond acceptors (Lipinski definition) is 2. The Kier molecular flexibility index (Phi) is 3.57. The van der Waals surface area contributed by atoms with Crippen LogP contribution in [0, 0.1) is 11.7 Å². The predicted octanol–water partition coefficient (Wildman–Crippen LogP) is 2.59. The lowest BCUT2D eigenvalue weighted by atomic mass is 10.2. The van der Waals surface area contributed by atoms with Crippen LogP contribution in [0.3, 0.4) is 0 Å². The van der Waals surface area contributed by atoms with E-state index in [1.165, 1.54) is 25.0 Å². The Morgan fingerprint density at radius 3 is 2.94 bits per heavy atom. The van der Waals surface area contributed by atoms with E-state index in [0.717, 1.165) is 17.9 Å². The molecule has 0 saturated heterocycles. The summed E-state index contributed by atoms with van der Waals surface area (Å²) in [7, 11) is 0. The van der Waals surface area contributed by atoms with Crippen molar-refractivity contribution in [3.05, 3.63) is 35.7 Å². The summed E-state index contributed by atoms with van der Waals surface area (Å²) in [6, 6.07) is 4.56. The highest BCUT2D eigenvalue weighted by atomic mass is 19.1. The molecule has 86 valence electrons. The Hall–Kier alpha value is -1.35. The second kappa shape index (κ2) is 5.12. The minimum absolute atomic E-state index is 0.254. The fraction of sp³-hybridized carbons (Fsp3) is 0.385. The van der Waals surface area contributed by atoms with Crippen molar-refractivity contribution < 1.29 is 9.13 Å². The Morgan fingerprint density at radius 2 is 2.25 bits per heavy atom. The van der Waals surface area contributed by atoms with Crippen LogP contribution in [0.2, 0.25) is 0 Å². The first kappa shape index (κ1) is 11.1. The molecule has 2 rings (SSSR count). The molecule has 0 spiro atoms. The molecule has 1 aliphatic rings. The van der Waals surface area contributed by atoms with Crippen molar-refractivity contribution in [1.82, 2.24) is 0 Å². The van der Waals surface area contributed by atoms with Crippen LogP contribution >= 0.6 is 0 Å². The molecule has 2 nitrogen and oxygen atoms in total. The predicted molar refractivity (Wildman–Crippen MR) is 62.7 cm³/mol. The third kappa shape index (κ3) is 3.07. The van der Waals surface area contributed by atoms with Crippen LogP contribution in [0.25, 0.3) is 6.08 Å². The highest BCUT2D eigenvalue weighted by Gasteiger charge is 2.22. The molecule has 1 aliphatic carbocycles. The lowest BCUT2D eigenvalue weighted by Gasteiger charge is -2.08. The summed E-state index contributed by atoms with van der Waals surface area (Å²) in [6.45, 7) is 1.17. The molecule has 0 atom stereocenters. The maximum absolute atomic E-state index is 13.1. The third-order valence-electron chi connectivity index (χ3n) is 2.58. The molecule has 0 amide bonds. The van der Waals surface area contributed by atoms with Gasteiger partial charge in [0.15, 0.2) is 0 Å². The largest absolute Gasteiger partial charge is 0.493 e. The van der Waals surface area contributed by atoms with E-state index >= 15 is 0 Å². The van der Waals surface area contributed by atoms with Crippen LogP contribution in [-0.2, 0) is 0 Å². The van der Waals surface area contributed by atoms with Crippen molar-refractivity contribution in [3.63, 3.8) is 0 Å². The van der Waals surface area contributed by atoms with Gasteiger partial charge in [0.1, 0.15) is 11.6 Å². The summed E-state index contributed by atoms with van der Waals surface area (Å²) in [6.07, 6.45) is 6.08. The van der Waals surface area contributed by atoms with Gasteiger partial charge in [-0.15, -0.1) is 0 Å². The molecule has 1 aromatic carbocycles. The molecule has 1 fully saturated rings. The number of rotatable bonds is 5. The van der Waals surface area contributed by atoms with E-state index in [1.54, 1.807) is 18.2 Å². The second-order valence-electron chi connectivity index (χ2n) is 4.07. The van der Waals surface area contributed by atoms with E-state index in [-0.39, 0.29) is 5.82 Å². The van der Waals surface area contributed by atoms with Gasteiger partial charge in [0.2, 0.25) is 0 Å². The maximum atomic E-state index is 13.1. The number of nitrogens with two attached hydrogens (primary N) is 1. The molecule has 3 heteroatoms. The number of hydrogen-bond donors (Lipinski definition) is 1. The van der Waals surface area contributed by atoms with Gasteiger partial charge in [0, 0.05) is 12.1 Å². The first-order chi connectivity index (χ1) is 7.79. The fourth-order valence-corrected chi connectivity index (χ4v) is 1.47. The minimum Gasteiger partial charge on any atom is -0.493 e. The smallest absolute Gasteiger partial charge is 0.126 e. The van der Waals surface area contributed by atoms with Crippen molar-refractivity contribution in [1.29, 1.82) is 0 Å². The average molecular weight is 221 g/mol. The zero-order chi connectivity index (χ0) is 11.4. The molecule has 0 aromatic heterocycles. The Balaban J connectivity index is 2.09. The third-order valence-corrected chi connectivity index (χ3v) is 2.58. The van der Waals surface area contributed by atoms with Crippen LogP contribution < -0.4 is 10.5 Å². The maximum Gasteiger partial charge on any atom is 0.126 e. The number of halogens is 1. The Morgan fingerprint density at radius 1 is 1.44 bits per heavy atom.